The maximum absolute atomic E-state index is 13.1. The summed E-state index contributed by atoms with van der Waals surface area (Å²) in [4.78, 5) is 19.7. The Bertz CT molecular complexity index is 1470. The van der Waals surface area contributed by atoms with Crippen LogP contribution in [0.4, 0.5) is 11.4 Å². The molecule has 2 unspecified atom stereocenters. The molecule has 1 amide bonds. The second-order valence-corrected chi connectivity index (χ2v) is 12.1. The average Bonchev–Trinajstić information content (AvgIpc) is 3.43. The van der Waals surface area contributed by atoms with Crippen molar-refractivity contribution >= 4 is 23.5 Å². The van der Waals surface area contributed by atoms with Gasteiger partial charge in [-0.1, -0.05) is 20.8 Å². The van der Waals surface area contributed by atoms with Gasteiger partial charge < -0.3 is 34.3 Å². The number of hydrogen-bond acceptors (Lipinski definition) is 8. The third-order valence-electron chi connectivity index (χ3n) is 7.78. The molecule has 0 spiro atoms. The number of methoxy groups -OCH3 is 2. The maximum Gasteiger partial charge on any atom is 0.256 e. The second kappa shape index (κ2) is 12.9. The minimum atomic E-state index is -0.128. The highest BCUT2D eigenvalue weighted by atomic mass is 16.5. The minimum absolute atomic E-state index is 0.00358. The van der Waals surface area contributed by atoms with Crippen LogP contribution in [0, 0.1) is 11.3 Å². The van der Waals surface area contributed by atoms with Crippen molar-refractivity contribution in [2.75, 3.05) is 39.7 Å². The number of benzene rings is 3. The minimum Gasteiger partial charge on any atom is -0.497 e. The number of nitrogen functional groups attached to an aromatic ring is 1. The average molecular weight is 588 g/mol. The summed E-state index contributed by atoms with van der Waals surface area (Å²) in [5.74, 6) is 4.01. The van der Waals surface area contributed by atoms with E-state index in [0.717, 1.165) is 31.6 Å². The molecule has 43 heavy (non-hydrogen) atoms. The highest BCUT2D eigenvalue weighted by Crippen LogP contribution is 2.39. The van der Waals surface area contributed by atoms with E-state index in [1.165, 1.54) is 0 Å². The first-order valence-electron chi connectivity index (χ1n) is 14.7. The van der Waals surface area contributed by atoms with Crippen molar-refractivity contribution in [3.63, 3.8) is 0 Å². The SMILES string of the molecule is COc1ccc(Oc2ccc(OCC(C)(C)CC(C)COc3cc4c(cc3OC)C(=O)N3CCCC3C=N4)cc2N)cc1. The lowest BCUT2D eigenvalue weighted by Crippen LogP contribution is -2.35. The van der Waals surface area contributed by atoms with Gasteiger partial charge in [-0.05, 0) is 73.1 Å². The zero-order valence-electron chi connectivity index (χ0n) is 25.6. The summed E-state index contributed by atoms with van der Waals surface area (Å²) >= 11 is 0. The number of nitrogens with zero attached hydrogens (tertiary/aromatic N) is 2. The molecule has 9 nitrogen and oxygen atoms in total. The van der Waals surface area contributed by atoms with Gasteiger partial charge in [0.2, 0.25) is 0 Å². The van der Waals surface area contributed by atoms with Crippen LogP contribution in [0.1, 0.15) is 50.4 Å². The predicted octanol–water partition coefficient (Wildman–Crippen LogP) is 6.91. The highest BCUT2D eigenvalue weighted by molar-refractivity contribution is 6.03. The fourth-order valence-corrected chi connectivity index (χ4v) is 5.67. The summed E-state index contributed by atoms with van der Waals surface area (Å²) < 4.78 is 29.1. The van der Waals surface area contributed by atoms with Crippen LogP contribution in [0.2, 0.25) is 0 Å². The standard InChI is InChI=1S/C34H41N3O6/c1-22(20-41-32-17-29-27(16-31(32)40-5)33(38)37-14-6-7-23(37)19-36-29)18-34(2,3)21-42-26-12-13-30(28(35)15-26)43-25-10-8-24(39-4)9-11-25/h8-13,15-17,19,22-23H,6-7,14,18,20-21,35H2,1-5H3. The number of nitrogens with two attached hydrogens (primary N) is 1. The first-order chi connectivity index (χ1) is 20.7. The second-order valence-electron chi connectivity index (χ2n) is 12.1. The van der Waals surface area contributed by atoms with Crippen molar-refractivity contribution in [1.82, 2.24) is 4.90 Å². The zero-order valence-corrected chi connectivity index (χ0v) is 25.6. The van der Waals surface area contributed by atoms with Crippen LogP contribution in [-0.2, 0) is 0 Å². The van der Waals surface area contributed by atoms with E-state index >= 15 is 0 Å². The molecule has 0 bridgehead atoms. The van der Waals surface area contributed by atoms with Gasteiger partial charge in [-0.25, -0.2) is 0 Å². The molecule has 2 N–H and O–H groups in total. The number of amides is 1. The zero-order chi connectivity index (χ0) is 30.6. The molecule has 3 aromatic rings. The smallest absolute Gasteiger partial charge is 0.256 e. The molecule has 2 aliphatic rings. The fourth-order valence-electron chi connectivity index (χ4n) is 5.67. The van der Waals surface area contributed by atoms with Crippen LogP contribution in [0.5, 0.6) is 34.5 Å². The topological polar surface area (TPSA) is 105 Å². The summed E-state index contributed by atoms with van der Waals surface area (Å²) in [6.07, 6.45) is 4.68. The first kappa shape index (κ1) is 30.1. The highest BCUT2D eigenvalue weighted by Gasteiger charge is 2.32. The monoisotopic (exact) mass is 587 g/mol. The van der Waals surface area contributed by atoms with Crippen LogP contribution < -0.4 is 29.4 Å². The van der Waals surface area contributed by atoms with E-state index in [-0.39, 0.29) is 23.3 Å². The Kier molecular flexibility index (Phi) is 8.99. The molecule has 3 aromatic carbocycles. The molecule has 0 aliphatic carbocycles. The molecule has 0 radical (unpaired) electrons. The summed E-state index contributed by atoms with van der Waals surface area (Å²) in [6.45, 7) is 8.23. The lowest BCUT2D eigenvalue weighted by molar-refractivity contribution is 0.0774. The molecule has 5 rings (SSSR count). The largest absolute Gasteiger partial charge is 0.497 e. The van der Waals surface area contributed by atoms with Crippen molar-refractivity contribution in [2.45, 2.75) is 46.1 Å². The number of ether oxygens (including phenoxy) is 5. The molecule has 2 aliphatic heterocycles. The van der Waals surface area contributed by atoms with Crippen LogP contribution >= 0.6 is 0 Å². The quantitative estimate of drug-likeness (QED) is 0.230. The van der Waals surface area contributed by atoms with Crippen LogP contribution in [-0.4, -0.2) is 57.0 Å². The van der Waals surface area contributed by atoms with E-state index in [4.69, 9.17) is 29.4 Å². The van der Waals surface area contributed by atoms with Gasteiger partial charge in [0.15, 0.2) is 17.2 Å². The normalized spacial score (nSPS) is 16.6. The van der Waals surface area contributed by atoms with Crippen LogP contribution in [0.15, 0.2) is 59.6 Å². The lowest BCUT2D eigenvalue weighted by Gasteiger charge is -2.28. The van der Waals surface area contributed by atoms with Gasteiger partial charge in [0, 0.05) is 24.9 Å². The van der Waals surface area contributed by atoms with E-state index in [0.29, 0.717) is 58.9 Å². The Morgan fingerprint density at radius 2 is 1.70 bits per heavy atom. The number of fused-ring (bicyclic) bond motifs is 2. The van der Waals surface area contributed by atoms with Crippen molar-refractivity contribution in [3.05, 3.63) is 60.2 Å². The third-order valence-corrected chi connectivity index (χ3v) is 7.78. The predicted molar refractivity (Wildman–Crippen MR) is 168 cm³/mol. The molecule has 2 atom stereocenters. The Morgan fingerprint density at radius 1 is 0.953 bits per heavy atom. The Morgan fingerprint density at radius 3 is 2.42 bits per heavy atom. The molecule has 0 saturated carbocycles. The van der Waals surface area contributed by atoms with Crippen molar-refractivity contribution in [3.8, 4) is 34.5 Å². The van der Waals surface area contributed by atoms with Gasteiger partial charge in [-0.15, -0.1) is 0 Å². The number of carbonyl (C=O) groups excluding carboxylic acids is 1. The Balaban J connectivity index is 1.15. The van der Waals surface area contributed by atoms with E-state index in [1.54, 1.807) is 26.4 Å². The van der Waals surface area contributed by atoms with Gasteiger partial charge in [-0.2, -0.15) is 0 Å². The summed E-state index contributed by atoms with van der Waals surface area (Å²) in [5.41, 5.74) is 7.80. The van der Waals surface area contributed by atoms with Gasteiger partial charge >= 0.3 is 0 Å². The summed E-state index contributed by atoms with van der Waals surface area (Å²) in [7, 11) is 3.21. The number of aliphatic imine (C=N–C) groups is 1. The molecule has 2 heterocycles. The molecule has 1 fully saturated rings. The number of rotatable bonds is 12. The van der Waals surface area contributed by atoms with Crippen molar-refractivity contribution in [1.29, 1.82) is 0 Å². The Labute approximate surface area is 253 Å². The van der Waals surface area contributed by atoms with Crippen LogP contribution in [0.25, 0.3) is 0 Å². The fraction of sp³-hybridized carbons (Fsp3) is 0.412. The molecule has 228 valence electrons. The maximum atomic E-state index is 13.1. The summed E-state index contributed by atoms with van der Waals surface area (Å²) in [6, 6.07) is 16.4. The van der Waals surface area contributed by atoms with Crippen LogP contribution in [0.3, 0.4) is 0 Å². The summed E-state index contributed by atoms with van der Waals surface area (Å²) in [5, 5.41) is 0. The number of hydrogen-bond donors (Lipinski definition) is 1. The van der Waals surface area contributed by atoms with Gasteiger partial charge in [0.25, 0.3) is 5.91 Å². The van der Waals surface area contributed by atoms with E-state index in [1.807, 2.05) is 53.6 Å². The van der Waals surface area contributed by atoms with E-state index in [9.17, 15) is 4.79 Å². The number of anilines is 1. The van der Waals surface area contributed by atoms with Crippen molar-refractivity contribution in [2.24, 2.45) is 16.3 Å². The molecule has 9 heteroatoms. The van der Waals surface area contributed by atoms with Gasteiger partial charge in [0.05, 0.1) is 50.4 Å². The van der Waals surface area contributed by atoms with Crippen molar-refractivity contribution < 1.29 is 28.5 Å². The van der Waals surface area contributed by atoms with E-state index in [2.05, 4.69) is 25.8 Å². The third kappa shape index (κ3) is 7.16. The molecule has 1 saturated heterocycles. The Hall–Kier alpha value is -4.40. The van der Waals surface area contributed by atoms with Gasteiger partial charge in [-0.3, -0.25) is 9.79 Å². The van der Waals surface area contributed by atoms with Gasteiger partial charge in [0.1, 0.15) is 17.2 Å². The molecular formula is C34H41N3O6. The number of carbonyl (C=O) groups is 1. The molecular weight excluding hydrogens is 546 g/mol. The lowest BCUT2D eigenvalue weighted by atomic mass is 9.84. The first-order valence-corrected chi connectivity index (χ1v) is 14.7. The molecule has 0 aromatic heterocycles. The van der Waals surface area contributed by atoms with E-state index < -0.39 is 0 Å².